The smallest absolute Gasteiger partial charge is 0.115 e. The average molecular weight is 151 g/mol. The van der Waals surface area contributed by atoms with Crippen molar-refractivity contribution in [2.75, 3.05) is 0 Å². The highest BCUT2D eigenvalue weighted by Crippen LogP contribution is 2.18. The minimum absolute atomic E-state index is 0.201. The monoisotopic (exact) mass is 151 g/mol. The molecule has 1 aromatic carbocycles. The van der Waals surface area contributed by atoms with Crippen LogP contribution in [0.15, 0.2) is 29.4 Å². The predicted octanol–water partition coefficient (Wildman–Crippen LogP) is 2.22. The second-order valence-electron chi connectivity index (χ2n) is 2.37. The van der Waals surface area contributed by atoms with E-state index in [-0.39, 0.29) is 11.8 Å². The van der Waals surface area contributed by atoms with E-state index in [1.54, 1.807) is 19.1 Å². The Kier molecular flexibility index (Phi) is 2.21. The van der Waals surface area contributed by atoms with Gasteiger partial charge in [-0.25, -0.2) is 0 Å². The van der Waals surface area contributed by atoms with Crippen LogP contribution in [-0.4, -0.2) is 5.11 Å². The van der Waals surface area contributed by atoms with Gasteiger partial charge in [0.15, 0.2) is 0 Å². The number of rotatable bonds is 2. The van der Waals surface area contributed by atoms with Crippen LogP contribution in [0.25, 0.3) is 0 Å². The molecule has 0 bridgehead atoms. The molecule has 0 aliphatic heterocycles. The third-order valence-electron chi connectivity index (χ3n) is 1.53. The minimum Gasteiger partial charge on any atom is -0.508 e. The molecule has 0 amide bonds. The summed E-state index contributed by atoms with van der Waals surface area (Å²) in [6.07, 6.45) is 0. The lowest BCUT2D eigenvalue weighted by molar-refractivity contribution is 0.475. The molecule has 58 valence electrons. The van der Waals surface area contributed by atoms with Gasteiger partial charge in [0.05, 0.1) is 0 Å². The van der Waals surface area contributed by atoms with Crippen molar-refractivity contribution in [1.82, 2.24) is 0 Å². The Labute approximate surface area is 64.7 Å². The standard InChI is InChI=1S/C8H9NO2/c1-6(9-11)7-2-4-8(10)5-3-7/h2-6,10H,1H3. The number of hydrogen-bond acceptors (Lipinski definition) is 3. The van der Waals surface area contributed by atoms with E-state index in [1.165, 1.54) is 12.1 Å². The van der Waals surface area contributed by atoms with Crippen LogP contribution in [0, 0.1) is 4.91 Å². The first-order chi connectivity index (χ1) is 5.24. The molecular weight excluding hydrogens is 142 g/mol. The van der Waals surface area contributed by atoms with Crippen molar-refractivity contribution in [1.29, 1.82) is 0 Å². The van der Waals surface area contributed by atoms with Crippen molar-refractivity contribution < 1.29 is 5.11 Å². The van der Waals surface area contributed by atoms with Crippen LogP contribution in [-0.2, 0) is 0 Å². The molecule has 0 radical (unpaired) electrons. The quantitative estimate of drug-likeness (QED) is 0.659. The van der Waals surface area contributed by atoms with Gasteiger partial charge >= 0.3 is 0 Å². The summed E-state index contributed by atoms with van der Waals surface area (Å²) < 4.78 is 0. The van der Waals surface area contributed by atoms with Gasteiger partial charge in [-0.15, -0.1) is 0 Å². The lowest BCUT2D eigenvalue weighted by atomic mass is 10.1. The second-order valence-corrected chi connectivity index (χ2v) is 2.37. The number of nitrogens with zero attached hydrogens (tertiary/aromatic N) is 1. The van der Waals surface area contributed by atoms with Gasteiger partial charge < -0.3 is 5.11 Å². The molecule has 0 heterocycles. The van der Waals surface area contributed by atoms with E-state index in [4.69, 9.17) is 5.11 Å². The van der Waals surface area contributed by atoms with Gasteiger partial charge in [0.2, 0.25) is 0 Å². The molecule has 0 saturated heterocycles. The van der Waals surface area contributed by atoms with E-state index in [2.05, 4.69) is 5.18 Å². The summed E-state index contributed by atoms with van der Waals surface area (Å²) in [7, 11) is 0. The van der Waals surface area contributed by atoms with Crippen molar-refractivity contribution in [2.45, 2.75) is 13.0 Å². The highest BCUT2D eigenvalue weighted by atomic mass is 16.3. The zero-order chi connectivity index (χ0) is 8.27. The fraction of sp³-hybridized carbons (Fsp3) is 0.250. The molecule has 0 fully saturated rings. The van der Waals surface area contributed by atoms with E-state index in [1.807, 2.05) is 0 Å². The summed E-state index contributed by atoms with van der Waals surface area (Å²) in [5.41, 5.74) is 0.817. The van der Waals surface area contributed by atoms with Crippen molar-refractivity contribution in [2.24, 2.45) is 5.18 Å². The van der Waals surface area contributed by atoms with Crippen molar-refractivity contribution >= 4 is 0 Å². The molecule has 11 heavy (non-hydrogen) atoms. The Bertz CT molecular complexity index is 243. The highest BCUT2D eigenvalue weighted by Gasteiger charge is 2.02. The molecule has 1 atom stereocenters. The van der Waals surface area contributed by atoms with Crippen LogP contribution in [0.1, 0.15) is 18.5 Å². The van der Waals surface area contributed by atoms with E-state index in [0.29, 0.717) is 0 Å². The Morgan fingerprint density at radius 2 is 1.91 bits per heavy atom. The first-order valence-electron chi connectivity index (χ1n) is 3.35. The second kappa shape index (κ2) is 3.14. The highest BCUT2D eigenvalue weighted by molar-refractivity contribution is 5.27. The normalized spacial score (nSPS) is 12.5. The molecular formula is C8H9NO2. The average Bonchev–Trinajstić information content (AvgIpc) is 2.05. The molecule has 0 saturated carbocycles. The van der Waals surface area contributed by atoms with Gasteiger partial charge in [-0.05, 0) is 24.6 Å². The van der Waals surface area contributed by atoms with Crippen molar-refractivity contribution in [3.05, 3.63) is 34.7 Å². The van der Waals surface area contributed by atoms with Crippen LogP contribution in [0.3, 0.4) is 0 Å². The fourth-order valence-electron chi connectivity index (χ4n) is 0.814. The van der Waals surface area contributed by atoms with Crippen LogP contribution in [0.5, 0.6) is 5.75 Å². The third kappa shape index (κ3) is 1.77. The molecule has 1 rings (SSSR count). The summed E-state index contributed by atoms with van der Waals surface area (Å²) in [6, 6.07) is 6.10. The van der Waals surface area contributed by atoms with Gasteiger partial charge in [-0.1, -0.05) is 17.3 Å². The topological polar surface area (TPSA) is 49.7 Å². The first-order valence-corrected chi connectivity index (χ1v) is 3.35. The maximum absolute atomic E-state index is 10.1. The van der Waals surface area contributed by atoms with E-state index in [0.717, 1.165) is 5.56 Å². The Morgan fingerprint density at radius 3 is 2.36 bits per heavy atom. The number of aromatic hydroxyl groups is 1. The number of benzene rings is 1. The SMILES string of the molecule is CC(N=O)c1ccc(O)cc1. The lowest BCUT2D eigenvalue weighted by Crippen LogP contribution is -1.86. The van der Waals surface area contributed by atoms with Gasteiger partial charge in [-0.2, -0.15) is 4.91 Å². The van der Waals surface area contributed by atoms with Crippen molar-refractivity contribution in [3.63, 3.8) is 0 Å². The molecule has 0 spiro atoms. The predicted molar refractivity (Wildman–Crippen MR) is 42.3 cm³/mol. The summed E-state index contributed by atoms with van der Waals surface area (Å²) in [5, 5.41) is 11.8. The van der Waals surface area contributed by atoms with Crippen LogP contribution < -0.4 is 0 Å². The largest absolute Gasteiger partial charge is 0.508 e. The number of nitroso groups, excluding NO2 is 1. The Balaban J connectivity index is 2.89. The third-order valence-corrected chi connectivity index (χ3v) is 1.53. The van der Waals surface area contributed by atoms with Crippen molar-refractivity contribution in [3.8, 4) is 5.75 Å². The first kappa shape index (κ1) is 7.72. The molecule has 3 nitrogen and oxygen atoms in total. The van der Waals surface area contributed by atoms with Gasteiger partial charge in [0.1, 0.15) is 11.8 Å². The molecule has 0 aliphatic rings. The molecule has 0 aliphatic carbocycles. The number of phenolic OH excluding ortho intramolecular Hbond substituents is 1. The molecule has 1 N–H and O–H groups in total. The van der Waals surface area contributed by atoms with Crippen LogP contribution in [0.4, 0.5) is 0 Å². The van der Waals surface area contributed by atoms with E-state index >= 15 is 0 Å². The zero-order valence-electron chi connectivity index (χ0n) is 6.19. The molecule has 1 unspecified atom stereocenters. The lowest BCUT2D eigenvalue weighted by Gasteiger charge is -2.01. The summed E-state index contributed by atoms with van der Waals surface area (Å²) >= 11 is 0. The fourth-order valence-corrected chi connectivity index (χ4v) is 0.814. The summed E-state index contributed by atoms with van der Waals surface area (Å²) in [5.74, 6) is 0.201. The minimum atomic E-state index is -0.337. The van der Waals surface area contributed by atoms with Crippen LogP contribution >= 0.6 is 0 Å². The Morgan fingerprint density at radius 1 is 1.36 bits per heavy atom. The number of phenols is 1. The van der Waals surface area contributed by atoms with Gasteiger partial charge in [-0.3, -0.25) is 0 Å². The number of hydrogen-bond donors (Lipinski definition) is 1. The maximum Gasteiger partial charge on any atom is 0.115 e. The van der Waals surface area contributed by atoms with E-state index in [9.17, 15) is 4.91 Å². The maximum atomic E-state index is 10.1. The Hall–Kier alpha value is -1.38. The molecule has 1 aromatic rings. The zero-order valence-corrected chi connectivity index (χ0v) is 6.19. The van der Waals surface area contributed by atoms with Crippen LogP contribution in [0.2, 0.25) is 0 Å². The summed E-state index contributed by atoms with van der Waals surface area (Å²) in [6.45, 7) is 1.71. The van der Waals surface area contributed by atoms with E-state index < -0.39 is 0 Å². The summed E-state index contributed by atoms with van der Waals surface area (Å²) in [4.78, 5) is 10.1. The molecule has 3 heteroatoms. The van der Waals surface area contributed by atoms with Gasteiger partial charge in [0, 0.05) is 0 Å². The van der Waals surface area contributed by atoms with Gasteiger partial charge in [0.25, 0.3) is 0 Å². The molecule has 0 aromatic heterocycles.